The van der Waals surface area contributed by atoms with Crippen LogP contribution in [0, 0.1) is 18.2 Å². The van der Waals surface area contributed by atoms with E-state index in [9.17, 15) is 17.9 Å². The van der Waals surface area contributed by atoms with Crippen LogP contribution in [-0.2, 0) is 16.4 Å². The molecule has 1 fully saturated rings. The molecule has 140 valence electrons. The summed E-state index contributed by atoms with van der Waals surface area (Å²) in [5.41, 5.74) is 1.07. The van der Waals surface area contributed by atoms with Gasteiger partial charge in [-0.2, -0.15) is 4.31 Å². The Morgan fingerprint density at radius 1 is 1.19 bits per heavy atom. The molecule has 1 atom stereocenters. The van der Waals surface area contributed by atoms with E-state index < -0.39 is 21.3 Å². The standard InChI is InChI=1S/C20H24FNO3S/c1-16-8-9-18(21)12-19(16)26(24,25)22-11-5-10-20(14-22,15-23)13-17-6-3-2-4-7-17/h2-4,6-9,12,23H,5,10-11,13-15H2,1H3/t20-/m1/s1. The maximum Gasteiger partial charge on any atom is 0.243 e. The number of halogens is 1. The van der Waals surface area contributed by atoms with Crippen LogP contribution in [0.15, 0.2) is 53.4 Å². The molecule has 2 aromatic rings. The van der Waals surface area contributed by atoms with Crippen LogP contribution in [0.3, 0.4) is 0 Å². The normalized spacial score (nSPS) is 21.7. The molecule has 0 unspecified atom stereocenters. The summed E-state index contributed by atoms with van der Waals surface area (Å²) in [6.07, 6.45) is 2.03. The van der Waals surface area contributed by atoms with Gasteiger partial charge in [0.2, 0.25) is 10.0 Å². The minimum atomic E-state index is -3.81. The summed E-state index contributed by atoms with van der Waals surface area (Å²) in [7, 11) is -3.81. The molecule has 2 aromatic carbocycles. The Morgan fingerprint density at radius 2 is 1.92 bits per heavy atom. The molecular weight excluding hydrogens is 353 g/mol. The number of piperidine rings is 1. The number of hydrogen-bond donors (Lipinski definition) is 1. The van der Waals surface area contributed by atoms with Gasteiger partial charge in [0, 0.05) is 18.5 Å². The van der Waals surface area contributed by atoms with Gasteiger partial charge in [-0.05, 0) is 49.4 Å². The van der Waals surface area contributed by atoms with Gasteiger partial charge in [-0.25, -0.2) is 12.8 Å². The smallest absolute Gasteiger partial charge is 0.243 e. The Morgan fingerprint density at radius 3 is 2.62 bits per heavy atom. The first-order chi connectivity index (χ1) is 12.4. The van der Waals surface area contributed by atoms with Gasteiger partial charge in [0.25, 0.3) is 0 Å². The van der Waals surface area contributed by atoms with Gasteiger partial charge < -0.3 is 5.11 Å². The van der Waals surface area contributed by atoms with E-state index >= 15 is 0 Å². The summed E-state index contributed by atoms with van der Waals surface area (Å²) in [5, 5.41) is 10.1. The molecule has 26 heavy (non-hydrogen) atoms. The molecule has 1 saturated heterocycles. The van der Waals surface area contributed by atoms with Crippen molar-refractivity contribution in [3.63, 3.8) is 0 Å². The number of hydrogen-bond acceptors (Lipinski definition) is 3. The van der Waals surface area contributed by atoms with E-state index in [0.29, 0.717) is 24.9 Å². The third-order valence-corrected chi connectivity index (χ3v) is 7.14. The lowest BCUT2D eigenvalue weighted by molar-refractivity contribution is 0.0645. The van der Waals surface area contributed by atoms with Crippen LogP contribution >= 0.6 is 0 Å². The van der Waals surface area contributed by atoms with Gasteiger partial charge in [-0.15, -0.1) is 0 Å². The summed E-state index contributed by atoms with van der Waals surface area (Å²) in [6.45, 7) is 2.20. The van der Waals surface area contributed by atoms with Gasteiger partial charge in [0.05, 0.1) is 11.5 Å². The van der Waals surface area contributed by atoms with E-state index in [4.69, 9.17) is 0 Å². The minimum Gasteiger partial charge on any atom is -0.396 e. The van der Waals surface area contributed by atoms with Crippen LogP contribution in [0.1, 0.15) is 24.0 Å². The highest BCUT2D eigenvalue weighted by atomic mass is 32.2. The molecular formula is C20H24FNO3S. The van der Waals surface area contributed by atoms with Gasteiger partial charge in [0.1, 0.15) is 5.82 Å². The number of rotatable bonds is 5. The van der Waals surface area contributed by atoms with Gasteiger partial charge in [-0.3, -0.25) is 0 Å². The van der Waals surface area contributed by atoms with Crippen molar-refractivity contribution in [2.24, 2.45) is 5.41 Å². The lowest BCUT2D eigenvalue weighted by Gasteiger charge is -2.41. The number of aliphatic hydroxyl groups is 1. The van der Waals surface area contributed by atoms with Crippen LogP contribution < -0.4 is 0 Å². The van der Waals surface area contributed by atoms with Crippen molar-refractivity contribution in [1.29, 1.82) is 0 Å². The van der Waals surface area contributed by atoms with Gasteiger partial charge in [-0.1, -0.05) is 36.4 Å². The zero-order valence-electron chi connectivity index (χ0n) is 14.9. The minimum absolute atomic E-state index is 0.00551. The quantitative estimate of drug-likeness (QED) is 0.871. The Kier molecular flexibility index (Phi) is 5.46. The molecule has 1 heterocycles. The van der Waals surface area contributed by atoms with Crippen LogP contribution in [0.2, 0.25) is 0 Å². The molecule has 0 aliphatic carbocycles. The Bertz CT molecular complexity index is 870. The van der Waals surface area contributed by atoms with Crippen LogP contribution in [-0.4, -0.2) is 37.5 Å². The van der Waals surface area contributed by atoms with Crippen molar-refractivity contribution in [1.82, 2.24) is 4.31 Å². The van der Waals surface area contributed by atoms with Crippen molar-refractivity contribution in [3.8, 4) is 0 Å². The van der Waals surface area contributed by atoms with Crippen molar-refractivity contribution >= 4 is 10.0 Å². The van der Waals surface area contributed by atoms with Crippen LogP contribution in [0.5, 0.6) is 0 Å². The molecule has 4 nitrogen and oxygen atoms in total. The predicted molar refractivity (Wildman–Crippen MR) is 98.8 cm³/mol. The summed E-state index contributed by atoms with van der Waals surface area (Å²) >= 11 is 0. The Labute approximate surface area is 154 Å². The lowest BCUT2D eigenvalue weighted by Crippen LogP contribution is -2.49. The summed E-state index contributed by atoms with van der Waals surface area (Å²) in [5.74, 6) is -0.566. The maximum absolute atomic E-state index is 13.6. The molecule has 0 spiro atoms. The monoisotopic (exact) mass is 377 g/mol. The fraction of sp³-hybridized carbons (Fsp3) is 0.400. The predicted octanol–water partition coefficient (Wildman–Crippen LogP) is 3.14. The van der Waals surface area contributed by atoms with E-state index in [-0.39, 0.29) is 18.0 Å². The van der Waals surface area contributed by atoms with Gasteiger partial charge in [0.15, 0.2) is 0 Å². The second-order valence-corrected chi connectivity index (χ2v) is 9.08. The lowest BCUT2D eigenvalue weighted by atomic mass is 9.76. The molecule has 1 N–H and O–H groups in total. The molecule has 1 aliphatic rings. The third-order valence-electron chi connectivity index (χ3n) is 5.15. The molecule has 0 radical (unpaired) electrons. The van der Waals surface area contributed by atoms with Gasteiger partial charge >= 0.3 is 0 Å². The van der Waals surface area contributed by atoms with Crippen LogP contribution in [0.25, 0.3) is 0 Å². The Balaban J connectivity index is 1.90. The highest BCUT2D eigenvalue weighted by Gasteiger charge is 2.40. The molecule has 0 amide bonds. The third kappa shape index (κ3) is 3.82. The summed E-state index contributed by atoms with van der Waals surface area (Å²) < 4.78 is 41.2. The van der Waals surface area contributed by atoms with E-state index in [1.165, 1.54) is 16.4 Å². The summed E-state index contributed by atoms with van der Waals surface area (Å²) in [6, 6.07) is 13.6. The first-order valence-corrected chi connectivity index (χ1v) is 10.2. The molecule has 6 heteroatoms. The van der Waals surface area contributed by atoms with Crippen molar-refractivity contribution in [2.75, 3.05) is 19.7 Å². The van der Waals surface area contributed by atoms with E-state index in [1.54, 1.807) is 6.92 Å². The average molecular weight is 377 g/mol. The second-order valence-electron chi connectivity index (χ2n) is 7.17. The van der Waals surface area contributed by atoms with E-state index in [1.807, 2.05) is 30.3 Å². The fourth-order valence-corrected chi connectivity index (χ4v) is 5.54. The van der Waals surface area contributed by atoms with Crippen LogP contribution in [0.4, 0.5) is 4.39 Å². The molecule has 0 bridgehead atoms. The second kappa shape index (κ2) is 7.47. The zero-order valence-corrected chi connectivity index (χ0v) is 15.7. The molecule has 1 aliphatic heterocycles. The topological polar surface area (TPSA) is 57.6 Å². The van der Waals surface area contributed by atoms with Crippen molar-refractivity contribution in [2.45, 2.75) is 31.1 Å². The number of aliphatic hydroxyl groups excluding tert-OH is 1. The van der Waals surface area contributed by atoms with E-state index in [2.05, 4.69) is 0 Å². The number of nitrogens with zero attached hydrogens (tertiary/aromatic N) is 1. The first-order valence-electron chi connectivity index (χ1n) is 8.77. The first kappa shape index (κ1) is 19.0. The number of sulfonamides is 1. The highest BCUT2D eigenvalue weighted by molar-refractivity contribution is 7.89. The molecule has 0 aromatic heterocycles. The number of aryl methyl sites for hydroxylation is 1. The fourth-order valence-electron chi connectivity index (χ4n) is 3.72. The molecule has 3 rings (SSSR count). The van der Waals surface area contributed by atoms with Crippen molar-refractivity contribution < 1.29 is 17.9 Å². The summed E-state index contributed by atoms with van der Waals surface area (Å²) in [4.78, 5) is 0.00551. The Hall–Kier alpha value is -1.76. The van der Waals surface area contributed by atoms with E-state index in [0.717, 1.165) is 18.1 Å². The number of benzene rings is 2. The SMILES string of the molecule is Cc1ccc(F)cc1S(=O)(=O)N1CCC[C@@](CO)(Cc2ccccc2)C1. The highest BCUT2D eigenvalue weighted by Crippen LogP contribution is 2.36. The maximum atomic E-state index is 13.6. The van der Waals surface area contributed by atoms with Crippen molar-refractivity contribution in [3.05, 3.63) is 65.5 Å². The molecule has 0 saturated carbocycles. The average Bonchev–Trinajstić information content (AvgIpc) is 2.64. The largest absolute Gasteiger partial charge is 0.396 e. The zero-order chi connectivity index (χ0) is 18.8.